The Hall–Kier alpha value is -2.58. The average molecular weight is 300 g/mol. The van der Waals surface area contributed by atoms with E-state index in [-0.39, 0.29) is 12.2 Å². The Morgan fingerprint density at radius 2 is 2.14 bits per heavy atom. The molecule has 0 amide bonds. The van der Waals surface area contributed by atoms with Gasteiger partial charge in [-0.15, -0.1) is 10.2 Å². The van der Waals surface area contributed by atoms with Gasteiger partial charge in [-0.3, -0.25) is 0 Å². The van der Waals surface area contributed by atoms with Crippen molar-refractivity contribution in [3.8, 4) is 0 Å². The normalized spacial score (nSPS) is 11.4. The van der Waals surface area contributed by atoms with Gasteiger partial charge in [-0.25, -0.2) is 4.79 Å². The van der Waals surface area contributed by atoms with Gasteiger partial charge < -0.3 is 15.0 Å². The first-order valence-corrected chi connectivity index (χ1v) is 5.80. The van der Waals surface area contributed by atoms with E-state index in [1.807, 2.05) is 0 Å². The van der Waals surface area contributed by atoms with E-state index in [9.17, 15) is 18.0 Å². The van der Waals surface area contributed by atoms with Gasteiger partial charge in [-0.05, 0) is 18.2 Å². The highest BCUT2D eigenvalue weighted by atomic mass is 19.4. The topological polar surface area (TPSA) is 80.0 Å². The molecule has 6 nitrogen and oxygen atoms in total. The van der Waals surface area contributed by atoms with Crippen LogP contribution in [0.1, 0.15) is 21.7 Å². The van der Waals surface area contributed by atoms with Crippen LogP contribution < -0.4 is 5.32 Å². The number of alkyl halides is 3. The lowest BCUT2D eigenvalue weighted by molar-refractivity contribution is -0.138. The highest BCUT2D eigenvalue weighted by Gasteiger charge is 2.35. The third-order valence-electron chi connectivity index (χ3n) is 2.81. The minimum absolute atomic E-state index is 0.209. The molecular formula is C12H11F3N4O2. The lowest BCUT2D eigenvalue weighted by Crippen LogP contribution is -2.14. The Bertz CT molecular complexity index is 667. The van der Waals surface area contributed by atoms with Crippen LogP contribution in [-0.4, -0.2) is 25.8 Å². The van der Waals surface area contributed by atoms with Crippen molar-refractivity contribution in [2.75, 3.05) is 5.32 Å². The number of carboxylic acid groups (broad SMARTS) is 1. The number of nitrogens with one attached hydrogen (secondary N) is 1. The zero-order valence-electron chi connectivity index (χ0n) is 10.8. The standard InChI is InChI=1S/C12H11F3N4O2/c1-19-6-17-18-10(19)5-16-7-2-3-9(12(13,14)15)8(4-7)11(20)21/h2-4,6,16H,5H2,1H3,(H,20,21). The molecule has 1 heterocycles. The number of nitrogens with zero attached hydrogens (tertiary/aromatic N) is 3. The summed E-state index contributed by atoms with van der Waals surface area (Å²) < 4.78 is 39.7. The second-order valence-electron chi connectivity index (χ2n) is 4.27. The van der Waals surface area contributed by atoms with Gasteiger partial charge in [0.1, 0.15) is 6.33 Å². The number of carbonyl (C=O) groups is 1. The van der Waals surface area contributed by atoms with Crippen LogP contribution >= 0.6 is 0 Å². The molecule has 0 atom stereocenters. The summed E-state index contributed by atoms with van der Waals surface area (Å²) in [6.45, 7) is 0.209. The second-order valence-corrected chi connectivity index (χ2v) is 4.27. The molecule has 0 fully saturated rings. The van der Waals surface area contributed by atoms with Crippen LogP contribution in [0.4, 0.5) is 18.9 Å². The summed E-state index contributed by atoms with van der Waals surface area (Å²) in [6, 6.07) is 2.86. The van der Waals surface area contributed by atoms with E-state index in [4.69, 9.17) is 5.11 Å². The maximum atomic E-state index is 12.7. The Kier molecular flexibility index (Phi) is 3.83. The molecule has 0 saturated heterocycles. The van der Waals surface area contributed by atoms with E-state index in [2.05, 4.69) is 15.5 Å². The lowest BCUT2D eigenvalue weighted by Gasteiger charge is -2.12. The van der Waals surface area contributed by atoms with Crippen LogP contribution in [0.15, 0.2) is 24.5 Å². The molecule has 0 radical (unpaired) electrons. The molecule has 0 unspecified atom stereocenters. The van der Waals surface area contributed by atoms with E-state index in [0.29, 0.717) is 5.82 Å². The van der Waals surface area contributed by atoms with Crippen molar-refractivity contribution in [2.45, 2.75) is 12.7 Å². The number of aryl methyl sites for hydroxylation is 1. The van der Waals surface area contributed by atoms with Crippen LogP contribution in [0.25, 0.3) is 0 Å². The summed E-state index contributed by atoms with van der Waals surface area (Å²) in [4.78, 5) is 11.0. The minimum atomic E-state index is -4.71. The second kappa shape index (κ2) is 5.43. The van der Waals surface area contributed by atoms with Crippen LogP contribution in [0.3, 0.4) is 0 Å². The quantitative estimate of drug-likeness (QED) is 0.904. The summed E-state index contributed by atoms with van der Waals surface area (Å²) in [5.41, 5.74) is -1.73. The molecule has 0 aliphatic rings. The molecule has 2 aromatic rings. The van der Waals surface area contributed by atoms with Crippen molar-refractivity contribution in [1.29, 1.82) is 0 Å². The number of aromatic carboxylic acids is 1. The third-order valence-corrected chi connectivity index (χ3v) is 2.81. The van der Waals surface area contributed by atoms with Crippen molar-refractivity contribution in [2.24, 2.45) is 7.05 Å². The Morgan fingerprint density at radius 1 is 1.43 bits per heavy atom. The summed E-state index contributed by atoms with van der Waals surface area (Å²) in [5.74, 6) is -1.07. The Labute approximate surface area is 117 Å². The SMILES string of the molecule is Cn1cnnc1CNc1ccc(C(F)(F)F)c(C(=O)O)c1. The van der Waals surface area contributed by atoms with Crippen LogP contribution in [0.2, 0.25) is 0 Å². The molecule has 0 spiro atoms. The van der Waals surface area contributed by atoms with Crippen molar-refractivity contribution in [1.82, 2.24) is 14.8 Å². The first-order valence-electron chi connectivity index (χ1n) is 5.80. The van der Waals surface area contributed by atoms with Gasteiger partial charge in [0.2, 0.25) is 0 Å². The van der Waals surface area contributed by atoms with E-state index in [1.54, 1.807) is 11.6 Å². The molecule has 21 heavy (non-hydrogen) atoms. The fourth-order valence-corrected chi connectivity index (χ4v) is 1.73. The fraction of sp³-hybridized carbons (Fsp3) is 0.250. The van der Waals surface area contributed by atoms with Gasteiger partial charge in [0.05, 0.1) is 17.7 Å². The van der Waals surface area contributed by atoms with Crippen LogP contribution in [0, 0.1) is 0 Å². The molecular weight excluding hydrogens is 289 g/mol. The van der Waals surface area contributed by atoms with Gasteiger partial charge in [0, 0.05) is 12.7 Å². The molecule has 0 aliphatic heterocycles. The number of halogens is 3. The Morgan fingerprint density at radius 3 is 2.67 bits per heavy atom. The number of rotatable bonds is 4. The van der Waals surface area contributed by atoms with Crippen molar-refractivity contribution < 1.29 is 23.1 Å². The largest absolute Gasteiger partial charge is 0.478 e. The first-order chi connectivity index (χ1) is 9.79. The maximum Gasteiger partial charge on any atom is 0.417 e. The summed E-state index contributed by atoms with van der Waals surface area (Å²) >= 11 is 0. The number of carboxylic acids is 1. The van der Waals surface area contributed by atoms with E-state index in [0.717, 1.165) is 12.1 Å². The van der Waals surface area contributed by atoms with E-state index < -0.39 is 23.3 Å². The molecule has 112 valence electrons. The van der Waals surface area contributed by atoms with Crippen LogP contribution in [0.5, 0.6) is 0 Å². The van der Waals surface area contributed by atoms with Gasteiger partial charge in [0.25, 0.3) is 0 Å². The first kappa shape index (κ1) is 14.8. The van der Waals surface area contributed by atoms with Crippen LogP contribution in [-0.2, 0) is 19.8 Å². The zero-order valence-corrected chi connectivity index (χ0v) is 10.8. The van der Waals surface area contributed by atoms with E-state index >= 15 is 0 Å². The van der Waals surface area contributed by atoms with Gasteiger partial charge in [-0.1, -0.05) is 0 Å². The predicted molar refractivity (Wildman–Crippen MR) is 66.7 cm³/mol. The average Bonchev–Trinajstić information content (AvgIpc) is 2.80. The molecule has 2 rings (SSSR count). The summed E-state index contributed by atoms with van der Waals surface area (Å²) in [6.07, 6.45) is -3.23. The molecule has 0 bridgehead atoms. The smallest absolute Gasteiger partial charge is 0.417 e. The Balaban J connectivity index is 2.24. The van der Waals surface area contributed by atoms with Gasteiger partial charge in [-0.2, -0.15) is 13.2 Å². The lowest BCUT2D eigenvalue weighted by atomic mass is 10.1. The minimum Gasteiger partial charge on any atom is -0.478 e. The van der Waals surface area contributed by atoms with Crippen molar-refractivity contribution in [3.05, 3.63) is 41.5 Å². The third kappa shape index (κ3) is 3.30. The van der Waals surface area contributed by atoms with E-state index in [1.165, 1.54) is 12.4 Å². The highest BCUT2D eigenvalue weighted by Crippen LogP contribution is 2.33. The number of hydrogen-bond donors (Lipinski definition) is 2. The number of anilines is 1. The van der Waals surface area contributed by atoms with Gasteiger partial charge in [0.15, 0.2) is 5.82 Å². The zero-order chi connectivity index (χ0) is 15.6. The highest BCUT2D eigenvalue weighted by molar-refractivity contribution is 5.91. The molecule has 1 aromatic carbocycles. The molecule has 0 aliphatic carbocycles. The molecule has 0 saturated carbocycles. The fourth-order valence-electron chi connectivity index (χ4n) is 1.73. The van der Waals surface area contributed by atoms with Crippen molar-refractivity contribution >= 4 is 11.7 Å². The number of hydrogen-bond acceptors (Lipinski definition) is 4. The van der Waals surface area contributed by atoms with Gasteiger partial charge >= 0.3 is 12.1 Å². The predicted octanol–water partition coefficient (Wildman–Crippen LogP) is 2.14. The monoisotopic (exact) mass is 300 g/mol. The van der Waals surface area contributed by atoms with Crippen molar-refractivity contribution in [3.63, 3.8) is 0 Å². The summed E-state index contributed by atoms with van der Waals surface area (Å²) in [7, 11) is 1.71. The number of aromatic nitrogens is 3. The number of benzene rings is 1. The molecule has 9 heteroatoms. The molecule has 1 aromatic heterocycles. The maximum absolute atomic E-state index is 12.7. The summed E-state index contributed by atoms with van der Waals surface area (Å²) in [5, 5.41) is 19.2. The molecule has 2 N–H and O–H groups in total.